The normalized spacial score (nSPS) is 12.4. The lowest BCUT2D eigenvalue weighted by molar-refractivity contribution is 0.319. The molecule has 0 aliphatic heterocycles. The van der Waals surface area contributed by atoms with Crippen LogP contribution in [0.5, 0.6) is 0 Å². The number of nitrogens with zero attached hydrogens (tertiary/aromatic N) is 2. The van der Waals surface area contributed by atoms with Crippen molar-refractivity contribution in [2.24, 2.45) is 12.2 Å². The molecule has 0 fully saturated rings. The average molecular weight is 238 g/mol. The van der Waals surface area contributed by atoms with Crippen molar-refractivity contribution in [3.05, 3.63) is 48.0 Å². The summed E-state index contributed by atoms with van der Waals surface area (Å²) in [6, 6.07) is 14.4. The zero-order chi connectivity index (χ0) is 12.7. The van der Waals surface area contributed by atoms with Gasteiger partial charge >= 0.3 is 0 Å². The third-order valence-corrected chi connectivity index (χ3v) is 3.48. The highest BCUT2D eigenvalue weighted by Crippen LogP contribution is 2.28. The fraction of sp³-hybridized carbons (Fsp3) is 0.133. The van der Waals surface area contributed by atoms with Gasteiger partial charge in [0, 0.05) is 28.9 Å². The minimum absolute atomic E-state index is 0.629. The largest absolute Gasteiger partial charge is 0.411 e. The molecule has 3 rings (SSSR count). The lowest BCUT2D eigenvalue weighted by Gasteiger charge is -2.00. The van der Waals surface area contributed by atoms with Crippen LogP contribution in [0.4, 0.5) is 0 Å². The van der Waals surface area contributed by atoms with E-state index in [1.165, 1.54) is 21.8 Å². The second-order valence-electron chi connectivity index (χ2n) is 4.49. The van der Waals surface area contributed by atoms with Crippen molar-refractivity contribution in [1.29, 1.82) is 0 Å². The molecule has 0 atom stereocenters. The van der Waals surface area contributed by atoms with E-state index in [0.29, 0.717) is 5.71 Å². The van der Waals surface area contributed by atoms with Crippen molar-refractivity contribution in [2.45, 2.75) is 6.92 Å². The predicted molar refractivity (Wildman–Crippen MR) is 74.4 cm³/mol. The Hall–Kier alpha value is -2.29. The van der Waals surface area contributed by atoms with Crippen LogP contribution in [0.25, 0.3) is 21.8 Å². The third kappa shape index (κ3) is 1.40. The van der Waals surface area contributed by atoms with Gasteiger partial charge in [-0.15, -0.1) is 0 Å². The van der Waals surface area contributed by atoms with E-state index in [0.717, 1.165) is 5.56 Å². The number of fused-ring (bicyclic) bond motifs is 3. The molecule has 0 aliphatic carbocycles. The van der Waals surface area contributed by atoms with E-state index >= 15 is 0 Å². The topological polar surface area (TPSA) is 37.5 Å². The van der Waals surface area contributed by atoms with E-state index in [4.69, 9.17) is 5.21 Å². The number of oxime groups is 1. The highest BCUT2D eigenvalue weighted by molar-refractivity contribution is 6.11. The van der Waals surface area contributed by atoms with E-state index in [1.807, 2.05) is 18.2 Å². The van der Waals surface area contributed by atoms with E-state index < -0.39 is 0 Å². The maximum atomic E-state index is 8.86. The zero-order valence-corrected chi connectivity index (χ0v) is 10.4. The molecule has 2 aromatic carbocycles. The van der Waals surface area contributed by atoms with Gasteiger partial charge in [0.1, 0.15) is 0 Å². The first-order chi connectivity index (χ1) is 8.72. The monoisotopic (exact) mass is 238 g/mol. The van der Waals surface area contributed by atoms with Gasteiger partial charge in [0.05, 0.1) is 5.71 Å². The summed E-state index contributed by atoms with van der Waals surface area (Å²) in [5, 5.41) is 14.5. The molecule has 3 heteroatoms. The van der Waals surface area contributed by atoms with Gasteiger partial charge in [-0.25, -0.2) is 0 Å². The number of aromatic nitrogens is 1. The maximum Gasteiger partial charge on any atom is 0.0837 e. The minimum atomic E-state index is 0.629. The maximum absolute atomic E-state index is 8.86. The van der Waals surface area contributed by atoms with Crippen LogP contribution in [-0.4, -0.2) is 15.5 Å². The Bertz CT molecular complexity index is 769. The van der Waals surface area contributed by atoms with Crippen LogP contribution in [0.1, 0.15) is 12.5 Å². The Morgan fingerprint density at radius 1 is 1.06 bits per heavy atom. The quantitative estimate of drug-likeness (QED) is 0.393. The number of hydrogen-bond donors (Lipinski definition) is 1. The molecular weight excluding hydrogens is 224 g/mol. The summed E-state index contributed by atoms with van der Waals surface area (Å²) in [6.45, 7) is 1.80. The predicted octanol–water partition coefficient (Wildman–Crippen LogP) is 3.53. The molecule has 1 aromatic heterocycles. The third-order valence-electron chi connectivity index (χ3n) is 3.48. The second-order valence-corrected chi connectivity index (χ2v) is 4.49. The molecule has 0 amide bonds. The summed E-state index contributed by atoms with van der Waals surface area (Å²) < 4.78 is 2.18. The Morgan fingerprint density at radius 3 is 2.56 bits per heavy atom. The molecule has 0 radical (unpaired) electrons. The van der Waals surface area contributed by atoms with Crippen LogP contribution in [0.15, 0.2) is 47.6 Å². The first kappa shape index (κ1) is 10.8. The molecule has 0 spiro atoms. The lowest BCUT2D eigenvalue weighted by atomic mass is 10.1. The lowest BCUT2D eigenvalue weighted by Crippen LogP contribution is -1.94. The van der Waals surface area contributed by atoms with Crippen LogP contribution >= 0.6 is 0 Å². The van der Waals surface area contributed by atoms with Crippen molar-refractivity contribution >= 4 is 27.5 Å². The van der Waals surface area contributed by atoms with Crippen molar-refractivity contribution in [3.63, 3.8) is 0 Å². The van der Waals surface area contributed by atoms with Gasteiger partial charge in [-0.1, -0.05) is 29.4 Å². The Labute approximate surface area is 105 Å². The van der Waals surface area contributed by atoms with Gasteiger partial charge in [0.25, 0.3) is 0 Å². The SMILES string of the molecule is C/C(=N/O)c1ccc2c(c1)c1ccccc1n2C. The first-order valence-corrected chi connectivity index (χ1v) is 5.88. The van der Waals surface area contributed by atoms with E-state index in [2.05, 4.69) is 41.0 Å². The van der Waals surface area contributed by atoms with Crippen molar-refractivity contribution in [1.82, 2.24) is 4.57 Å². The fourth-order valence-corrected chi connectivity index (χ4v) is 2.45. The smallest absolute Gasteiger partial charge is 0.0837 e. The summed E-state index contributed by atoms with van der Waals surface area (Å²) in [4.78, 5) is 0. The van der Waals surface area contributed by atoms with Crippen LogP contribution in [0, 0.1) is 0 Å². The van der Waals surface area contributed by atoms with Gasteiger partial charge in [0.2, 0.25) is 0 Å². The van der Waals surface area contributed by atoms with E-state index in [-0.39, 0.29) is 0 Å². The van der Waals surface area contributed by atoms with Crippen LogP contribution in [0.2, 0.25) is 0 Å². The molecule has 3 aromatic rings. The first-order valence-electron chi connectivity index (χ1n) is 5.88. The van der Waals surface area contributed by atoms with Gasteiger partial charge in [0.15, 0.2) is 0 Å². The molecule has 0 saturated heterocycles. The number of para-hydroxylation sites is 1. The minimum Gasteiger partial charge on any atom is -0.411 e. The molecular formula is C15H14N2O. The van der Waals surface area contributed by atoms with Gasteiger partial charge in [-0.2, -0.15) is 0 Å². The molecule has 18 heavy (non-hydrogen) atoms. The summed E-state index contributed by atoms with van der Waals surface area (Å²) in [5.74, 6) is 0. The van der Waals surface area contributed by atoms with E-state index in [1.54, 1.807) is 6.92 Å². The highest BCUT2D eigenvalue weighted by atomic mass is 16.4. The number of aryl methyl sites for hydroxylation is 1. The van der Waals surface area contributed by atoms with Gasteiger partial charge in [-0.05, 0) is 30.7 Å². The second kappa shape index (κ2) is 3.88. The van der Waals surface area contributed by atoms with Gasteiger partial charge < -0.3 is 9.77 Å². The summed E-state index contributed by atoms with van der Waals surface area (Å²) >= 11 is 0. The van der Waals surface area contributed by atoms with Crippen LogP contribution in [0.3, 0.4) is 0 Å². The van der Waals surface area contributed by atoms with Crippen molar-refractivity contribution < 1.29 is 5.21 Å². The van der Waals surface area contributed by atoms with Crippen LogP contribution in [-0.2, 0) is 7.05 Å². The molecule has 0 unspecified atom stereocenters. The average Bonchev–Trinajstić information content (AvgIpc) is 2.72. The Balaban J connectivity index is 2.43. The number of hydrogen-bond acceptors (Lipinski definition) is 2. The molecule has 0 aliphatic rings. The Morgan fingerprint density at radius 2 is 1.78 bits per heavy atom. The standard InChI is InChI=1S/C15H14N2O/c1-10(16-18)11-7-8-15-13(9-11)12-5-3-4-6-14(12)17(15)2/h3-9,18H,1-2H3/b16-10-. The van der Waals surface area contributed by atoms with Gasteiger partial charge in [-0.3, -0.25) is 0 Å². The summed E-state index contributed by atoms with van der Waals surface area (Å²) in [7, 11) is 2.07. The van der Waals surface area contributed by atoms with Crippen LogP contribution < -0.4 is 0 Å². The van der Waals surface area contributed by atoms with E-state index in [9.17, 15) is 0 Å². The number of benzene rings is 2. The molecule has 90 valence electrons. The molecule has 1 heterocycles. The Kier molecular flexibility index (Phi) is 2.33. The molecule has 3 nitrogen and oxygen atoms in total. The fourth-order valence-electron chi connectivity index (χ4n) is 2.45. The van der Waals surface area contributed by atoms with Crippen molar-refractivity contribution in [2.75, 3.05) is 0 Å². The molecule has 0 saturated carbocycles. The summed E-state index contributed by atoms with van der Waals surface area (Å²) in [6.07, 6.45) is 0. The molecule has 0 bridgehead atoms. The van der Waals surface area contributed by atoms with Crippen molar-refractivity contribution in [3.8, 4) is 0 Å². The molecule has 1 N–H and O–H groups in total. The number of rotatable bonds is 1. The highest BCUT2D eigenvalue weighted by Gasteiger charge is 2.08. The summed E-state index contributed by atoms with van der Waals surface area (Å²) in [5.41, 5.74) is 3.97. The zero-order valence-electron chi connectivity index (χ0n) is 10.4.